The highest BCUT2D eigenvalue weighted by molar-refractivity contribution is 7.92. The van der Waals surface area contributed by atoms with Crippen molar-refractivity contribution >= 4 is 50.7 Å². The second-order valence-electron chi connectivity index (χ2n) is 10.4. The fraction of sp³-hybridized carbons (Fsp3) is 0.235. The van der Waals surface area contributed by atoms with Crippen LogP contribution in [0.15, 0.2) is 108 Å². The van der Waals surface area contributed by atoms with Crippen LogP contribution in [0.3, 0.4) is 0 Å². The smallest absolute Gasteiger partial charge is 0.264 e. The number of unbranched alkanes of at least 4 members (excludes halogenated alkanes) is 1. The number of carbonyl (C=O) groups excluding carboxylic acids is 2. The standard InChI is InChI=1S/C34H34Cl2FN3O4S/c1-2-3-21-38-34(42)31(22-25-11-6-4-7-12-25)39(23-26-17-19-27(37)20-18-26)32(41)24-40(30-16-10-15-29(35)33(30)36)45(43,44)28-13-8-5-9-14-28/h4-20,31H,2-3,21-24H2,1H3,(H,38,42)/t31-/m1/s1. The molecule has 1 atom stereocenters. The predicted molar refractivity (Wildman–Crippen MR) is 176 cm³/mol. The molecule has 0 aliphatic carbocycles. The van der Waals surface area contributed by atoms with Crippen LogP contribution >= 0.6 is 23.2 Å². The van der Waals surface area contributed by atoms with Gasteiger partial charge in [0.25, 0.3) is 10.0 Å². The van der Waals surface area contributed by atoms with Crippen molar-refractivity contribution in [3.05, 3.63) is 130 Å². The van der Waals surface area contributed by atoms with Crippen LogP contribution < -0.4 is 9.62 Å². The molecule has 4 aromatic rings. The van der Waals surface area contributed by atoms with E-state index in [1.807, 2.05) is 37.3 Å². The molecule has 0 heterocycles. The van der Waals surface area contributed by atoms with E-state index in [1.165, 1.54) is 59.5 Å². The lowest BCUT2D eigenvalue weighted by atomic mass is 10.0. The van der Waals surface area contributed by atoms with Crippen molar-refractivity contribution in [3.8, 4) is 0 Å². The third-order valence-electron chi connectivity index (χ3n) is 7.18. The maximum Gasteiger partial charge on any atom is 0.264 e. The second kappa shape index (κ2) is 15.9. The van der Waals surface area contributed by atoms with Crippen LogP contribution in [0.2, 0.25) is 10.0 Å². The molecule has 4 rings (SSSR count). The van der Waals surface area contributed by atoms with Gasteiger partial charge < -0.3 is 10.2 Å². The molecule has 0 bridgehead atoms. The third-order valence-corrected chi connectivity index (χ3v) is 9.76. The first kappa shape index (κ1) is 34.0. The van der Waals surface area contributed by atoms with Crippen LogP contribution in [0.25, 0.3) is 0 Å². The van der Waals surface area contributed by atoms with Gasteiger partial charge in [-0.15, -0.1) is 0 Å². The number of sulfonamides is 1. The third kappa shape index (κ3) is 8.84. The molecule has 0 radical (unpaired) electrons. The molecule has 0 aliphatic heterocycles. The van der Waals surface area contributed by atoms with Gasteiger partial charge in [-0.3, -0.25) is 13.9 Å². The van der Waals surface area contributed by atoms with Gasteiger partial charge in [-0.1, -0.05) is 103 Å². The van der Waals surface area contributed by atoms with Crippen LogP contribution in [0, 0.1) is 5.82 Å². The van der Waals surface area contributed by atoms with Gasteiger partial charge in [-0.25, -0.2) is 12.8 Å². The number of amides is 2. The van der Waals surface area contributed by atoms with E-state index in [0.717, 1.165) is 22.7 Å². The lowest BCUT2D eigenvalue weighted by Gasteiger charge is -2.34. The van der Waals surface area contributed by atoms with Crippen LogP contribution in [-0.2, 0) is 32.6 Å². The van der Waals surface area contributed by atoms with E-state index in [0.29, 0.717) is 12.1 Å². The molecule has 0 aliphatic rings. The number of benzene rings is 4. The fourth-order valence-corrected chi connectivity index (χ4v) is 6.66. The first-order chi connectivity index (χ1) is 21.6. The minimum atomic E-state index is -4.33. The van der Waals surface area contributed by atoms with E-state index in [-0.39, 0.29) is 39.5 Å². The van der Waals surface area contributed by atoms with Crippen LogP contribution in [0.5, 0.6) is 0 Å². The van der Waals surface area contributed by atoms with Crippen molar-refractivity contribution in [1.82, 2.24) is 10.2 Å². The normalized spacial score (nSPS) is 11.9. The zero-order valence-corrected chi connectivity index (χ0v) is 27.0. The average molecular weight is 671 g/mol. The number of hydrogen-bond donors (Lipinski definition) is 1. The molecule has 0 aromatic heterocycles. The van der Waals surface area contributed by atoms with Crippen molar-refractivity contribution in [1.29, 1.82) is 0 Å². The van der Waals surface area contributed by atoms with Gasteiger partial charge >= 0.3 is 0 Å². The summed E-state index contributed by atoms with van der Waals surface area (Å²) >= 11 is 12.8. The average Bonchev–Trinajstić information content (AvgIpc) is 3.04. The second-order valence-corrected chi connectivity index (χ2v) is 13.0. The zero-order valence-electron chi connectivity index (χ0n) is 24.7. The maximum atomic E-state index is 14.4. The summed E-state index contributed by atoms with van der Waals surface area (Å²) in [6.45, 7) is 1.64. The summed E-state index contributed by atoms with van der Waals surface area (Å²) in [4.78, 5) is 29.5. The van der Waals surface area contributed by atoms with E-state index < -0.39 is 34.3 Å². The Bertz CT molecular complexity index is 1690. The highest BCUT2D eigenvalue weighted by Gasteiger charge is 2.35. The monoisotopic (exact) mass is 669 g/mol. The van der Waals surface area contributed by atoms with E-state index in [1.54, 1.807) is 18.2 Å². The Labute approximate surface area is 273 Å². The van der Waals surface area contributed by atoms with Crippen molar-refractivity contribution in [2.75, 3.05) is 17.4 Å². The van der Waals surface area contributed by atoms with E-state index >= 15 is 0 Å². The molecule has 0 saturated heterocycles. The predicted octanol–water partition coefficient (Wildman–Crippen LogP) is 6.88. The zero-order chi connectivity index (χ0) is 32.4. The van der Waals surface area contributed by atoms with Crippen LogP contribution in [0.4, 0.5) is 10.1 Å². The Balaban J connectivity index is 1.81. The molecule has 1 N–H and O–H groups in total. The lowest BCUT2D eigenvalue weighted by Crippen LogP contribution is -2.53. The summed E-state index contributed by atoms with van der Waals surface area (Å²) in [7, 11) is -4.33. The van der Waals surface area contributed by atoms with Gasteiger partial charge in [0.2, 0.25) is 11.8 Å². The summed E-state index contributed by atoms with van der Waals surface area (Å²) in [5.74, 6) is -1.51. The largest absolute Gasteiger partial charge is 0.354 e. The van der Waals surface area contributed by atoms with Crippen LogP contribution in [0.1, 0.15) is 30.9 Å². The summed E-state index contributed by atoms with van der Waals surface area (Å²) < 4.78 is 42.8. The molecule has 0 unspecified atom stereocenters. The van der Waals surface area contributed by atoms with Gasteiger partial charge in [0.15, 0.2) is 0 Å². The maximum absolute atomic E-state index is 14.4. The highest BCUT2D eigenvalue weighted by atomic mass is 35.5. The summed E-state index contributed by atoms with van der Waals surface area (Å²) in [6.07, 6.45) is 1.76. The molecule has 236 valence electrons. The fourth-order valence-electron chi connectivity index (χ4n) is 4.76. The van der Waals surface area contributed by atoms with E-state index in [4.69, 9.17) is 23.2 Å². The van der Waals surface area contributed by atoms with Gasteiger partial charge in [0.05, 0.1) is 20.6 Å². The van der Waals surface area contributed by atoms with Gasteiger partial charge in [0.1, 0.15) is 18.4 Å². The number of nitrogens with zero attached hydrogens (tertiary/aromatic N) is 2. The number of rotatable bonds is 14. The molecule has 0 saturated carbocycles. The Hall–Kier alpha value is -3.92. The number of hydrogen-bond acceptors (Lipinski definition) is 4. The Kier molecular flexibility index (Phi) is 12.0. The Morgan fingerprint density at radius 1 is 0.844 bits per heavy atom. The molecule has 11 heteroatoms. The molecule has 0 fully saturated rings. The number of anilines is 1. The molecule has 45 heavy (non-hydrogen) atoms. The molecule has 7 nitrogen and oxygen atoms in total. The number of halogens is 3. The SMILES string of the molecule is CCCCNC(=O)[C@@H](Cc1ccccc1)N(Cc1ccc(F)cc1)C(=O)CN(c1cccc(Cl)c1Cl)S(=O)(=O)c1ccccc1. The molecular formula is C34H34Cl2FN3O4S. The van der Waals surface area contributed by atoms with Crippen molar-refractivity contribution in [2.24, 2.45) is 0 Å². The molecular weight excluding hydrogens is 636 g/mol. The van der Waals surface area contributed by atoms with Gasteiger partial charge in [-0.2, -0.15) is 0 Å². The molecule has 2 amide bonds. The van der Waals surface area contributed by atoms with Crippen molar-refractivity contribution < 1.29 is 22.4 Å². The highest BCUT2D eigenvalue weighted by Crippen LogP contribution is 2.35. The van der Waals surface area contributed by atoms with Gasteiger partial charge in [-0.05, 0) is 53.9 Å². The minimum Gasteiger partial charge on any atom is -0.354 e. The van der Waals surface area contributed by atoms with E-state index in [9.17, 15) is 22.4 Å². The summed E-state index contributed by atoms with van der Waals surface area (Å²) in [5, 5.41) is 2.99. The van der Waals surface area contributed by atoms with Crippen molar-refractivity contribution in [3.63, 3.8) is 0 Å². The van der Waals surface area contributed by atoms with Crippen LogP contribution in [-0.4, -0.2) is 44.3 Å². The number of nitrogens with one attached hydrogen (secondary N) is 1. The quantitative estimate of drug-likeness (QED) is 0.148. The first-order valence-electron chi connectivity index (χ1n) is 14.5. The van der Waals surface area contributed by atoms with E-state index in [2.05, 4.69) is 5.32 Å². The van der Waals surface area contributed by atoms with Crippen molar-refractivity contribution in [2.45, 2.75) is 43.7 Å². The number of carbonyl (C=O) groups is 2. The van der Waals surface area contributed by atoms with Gasteiger partial charge in [0, 0.05) is 19.5 Å². The summed E-state index contributed by atoms with van der Waals surface area (Å²) in [5.41, 5.74) is 1.37. The lowest BCUT2D eigenvalue weighted by molar-refractivity contribution is -0.140. The topological polar surface area (TPSA) is 86.8 Å². The Morgan fingerprint density at radius 3 is 2.13 bits per heavy atom. The Morgan fingerprint density at radius 2 is 1.49 bits per heavy atom. The first-order valence-corrected chi connectivity index (χ1v) is 16.7. The minimum absolute atomic E-state index is 0.00936. The molecule has 0 spiro atoms. The summed E-state index contributed by atoms with van der Waals surface area (Å²) in [6, 6.07) is 26.0. The molecule has 4 aromatic carbocycles.